The van der Waals surface area contributed by atoms with Gasteiger partial charge in [-0.1, -0.05) is 24.3 Å². The smallest absolute Gasteiger partial charge is 0.257 e. The van der Waals surface area contributed by atoms with Gasteiger partial charge in [-0.2, -0.15) is 0 Å². The van der Waals surface area contributed by atoms with E-state index in [1.54, 1.807) is 66.6 Å². The number of hydrogen-bond donors (Lipinski definition) is 0. The Morgan fingerprint density at radius 1 is 0.939 bits per heavy atom. The second-order valence-electron chi connectivity index (χ2n) is 8.07. The normalized spacial score (nSPS) is 14.1. The van der Waals surface area contributed by atoms with Crippen LogP contribution in [0.2, 0.25) is 0 Å². The van der Waals surface area contributed by atoms with E-state index in [9.17, 15) is 14.0 Å². The number of ether oxygens (including phenoxy) is 2. The van der Waals surface area contributed by atoms with E-state index in [1.165, 1.54) is 12.1 Å². The van der Waals surface area contributed by atoms with Crippen LogP contribution >= 0.6 is 0 Å². The van der Waals surface area contributed by atoms with Crippen molar-refractivity contribution in [1.29, 1.82) is 0 Å². The van der Waals surface area contributed by atoms with E-state index < -0.39 is 0 Å². The number of rotatable bonds is 7. The maximum absolute atomic E-state index is 13.2. The summed E-state index contributed by atoms with van der Waals surface area (Å²) in [5, 5.41) is 0. The van der Waals surface area contributed by atoms with Crippen LogP contribution in [0, 0.1) is 11.7 Å². The highest BCUT2D eigenvalue weighted by atomic mass is 19.1. The summed E-state index contributed by atoms with van der Waals surface area (Å²) in [5.74, 6) is 0.791. The van der Waals surface area contributed by atoms with Gasteiger partial charge >= 0.3 is 0 Å². The molecule has 0 N–H and O–H groups in total. The Morgan fingerprint density at radius 3 is 2.27 bits per heavy atom. The number of methoxy groups -OCH3 is 1. The SMILES string of the molecule is COc1ccc(C(=O)C2CCN(C(=O)c3ccccc3OCc3ccc(F)cc3)CC2)cc1. The molecule has 0 bridgehead atoms. The van der Waals surface area contributed by atoms with Crippen LogP contribution in [-0.4, -0.2) is 36.8 Å². The molecule has 0 aromatic heterocycles. The lowest BCUT2D eigenvalue weighted by Crippen LogP contribution is -2.40. The maximum atomic E-state index is 13.2. The van der Waals surface area contributed by atoms with Gasteiger partial charge in [-0.3, -0.25) is 9.59 Å². The van der Waals surface area contributed by atoms with Gasteiger partial charge in [-0.25, -0.2) is 4.39 Å². The molecule has 0 aliphatic carbocycles. The predicted molar refractivity (Wildman–Crippen MR) is 123 cm³/mol. The van der Waals surface area contributed by atoms with Crippen molar-refractivity contribution in [1.82, 2.24) is 4.90 Å². The number of amides is 1. The average molecular weight is 448 g/mol. The van der Waals surface area contributed by atoms with Gasteiger partial charge in [0.25, 0.3) is 5.91 Å². The van der Waals surface area contributed by atoms with Gasteiger partial charge in [0.1, 0.15) is 23.9 Å². The fourth-order valence-electron chi connectivity index (χ4n) is 4.02. The topological polar surface area (TPSA) is 55.8 Å². The molecular weight excluding hydrogens is 421 g/mol. The van der Waals surface area contributed by atoms with Crippen molar-refractivity contribution in [3.8, 4) is 11.5 Å². The molecule has 4 rings (SSSR count). The first-order valence-corrected chi connectivity index (χ1v) is 11.0. The monoisotopic (exact) mass is 447 g/mol. The first-order valence-electron chi connectivity index (χ1n) is 11.0. The number of hydrogen-bond acceptors (Lipinski definition) is 4. The average Bonchev–Trinajstić information content (AvgIpc) is 2.88. The minimum Gasteiger partial charge on any atom is -0.497 e. The van der Waals surface area contributed by atoms with E-state index in [2.05, 4.69) is 0 Å². The third-order valence-corrected chi connectivity index (χ3v) is 5.95. The third-order valence-electron chi connectivity index (χ3n) is 5.95. The summed E-state index contributed by atoms with van der Waals surface area (Å²) < 4.78 is 24.1. The van der Waals surface area contributed by atoms with Crippen LogP contribution < -0.4 is 9.47 Å². The van der Waals surface area contributed by atoms with Crippen molar-refractivity contribution in [2.24, 2.45) is 5.92 Å². The van der Waals surface area contributed by atoms with Gasteiger partial charge in [-0.05, 0) is 66.9 Å². The van der Waals surface area contributed by atoms with Crippen molar-refractivity contribution in [3.63, 3.8) is 0 Å². The van der Waals surface area contributed by atoms with Gasteiger partial charge in [0.15, 0.2) is 5.78 Å². The highest BCUT2D eigenvalue weighted by molar-refractivity contribution is 5.99. The molecule has 3 aromatic rings. The van der Waals surface area contributed by atoms with E-state index in [0.717, 1.165) is 5.56 Å². The van der Waals surface area contributed by atoms with Crippen molar-refractivity contribution in [3.05, 3.63) is 95.3 Å². The number of Topliss-reactive ketones (excluding diaryl/α,β-unsaturated/α-hetero) is 1. The van der Waals surface area contributed by atoms with Crippen molar-refractivity contribution in [2.45, 2.75) is 19.4 Å². The molecule has 0 unspecified atom stereocenters. The van der Waals surface area contributed by atoms with E-state index in [1.807, 2.05) is 6.07 Å². The lowest BCUT2D eigenvalue weighted by Gasteiger charge is -2.31. The highest BCUT2D eigenvalue weighted by Gasteiger charge is 2.29. The van der Waals surface area contributed by atoms with Crippen LogP contribution in [0.1, 0.15) is 39.1 Å². The molecule has 3 aromatic carbocycles. The fourth-order valence-corrected chi connectivity index (χ4v) is 4.02. The molecule has 1 saturated heterocycles. The van der Waals surface area contributed by atoms with E-state index >= 15 is 0 Å². The fraction of sp³-hybridized carbons (Fsp3) is 0.259. The predicted octanol–water partition coefficient (Wildman–Crippen LogP) is 5.15. The van der Waals surface area contributed by atoms with Gasteiger partial charge in [0.05, 0.1) is 12.7 Å². The Labute approximate surface area is 192 Å². The minimum atomic E-state index is -0.303. The molecule has 5 nitrogen and oxygen atoms in total. The first kappa shape index (κ1) is 22.5. The number of piperidine rings is 1. The van der Waals surface area contributed by atoms with Crippen molar-refractivity contribution < 1.29 is 23.5 Å². The summed E-state index contributed by atoms with van der Waals surface area (Å²) in [6.07, 6.45) is 1.24. The minimum absolute atomic E-state index is 0.104. The zero-order valence-corrected chi connectivity index (χ0v) is 18.5. The van der Waals surface area contributed by atoms with Gasteiger partial charge in [0.2, 0.25) is 0 Å². The highest BCUT2D eigenvalue weighted by Crippen LogP contribution is 2.27. The lowest BCUT2D eigenvalue weighted by molar-refractivity contribution is 0.0646. The number of likely N-dealkylation sites (tertiary alicyclic amines) is 1. The molecule has 33 heavy (non-hydrogen) atoms. The van der Waals surface area contributed by atoms with Crippen LogP contribution in [0.4, 0.5) is 4.39 Å². The van der Waals surface area contributed by atoms with Gasteiger partial charge < -0.3 is 14.4 Å². The quantitative estimate of drug-likeness (QED) is 0.470. The molecule has 6 heteroatoms. The number of benzene rings is 3. The Bertz CT molecular complexity index is 1100. The summed E-state index contributed by atoms with van der Waals surface area (Å²) in [6.45, 7) is 1.26. The Balaban J connectivity index is 1.37. The number of nitrogens with zero attached hydrogens (tertiary/aromatic N) is 1. The van der Waals surface area contributed by atoms with E-state index in [4.69, 9.17) is 9.47 Å². The summed E-state index contributed by atoms with van der Waals surface area (Å²) in [4.78, 5) is 27.8. The zero-order chi connectivity index (χ0) is 23.2. The zero-order valence-electron chi connectivity index (χ0n) is 18.5. The molecule has 1 aliphatic heterocycles. The molecule has 1 aliphatic rings. The van der Waals surface area contributed by atoms with Crippen LogP contribution in [0.15, 0.2) is 72.8 Å². The second kappa shape index (κ2) is 10.3. The van der Waals surface area contributed by atoms with Gasteiger partial charge in [-0.15, -0.1) is 0 Å². The molecule has 1 amide bonds. The molecule has 0 atom stereocenters. The molecule has 1 heterocycles. The molecule has 170 valence electrons. The summed E-state index contributed by atoms with van der Waals surface area (Å²) >= 11 is 0. The summed E-state index contributed by atoms with van der Waals surface area (Å²) in [7, 11) is 1.59. The molecule has 0 saturated carbocycles. The summed E-state index contributed by atoms with van der Waals surface area (Å²) in [5.41, 5.74) is 1.97. The lowest BCUT2D eigenvalue weighted by atomic mass is 9.88. The van der Waals surface area contributed by atoms with Gasteiger partial charge in [0, 0.05) is 24.6 Å². The standard InChI is InChI=1S/C27H26FNO4/c1-32-23-12-8-20(9-13-23)26(30)21-14-16-29(17-15-21)27(31)24-4-2-3-5-25(24)33-18-19-6-10-22(28)11-7-19/h2-13,21H,14-18H2,1H3. The number of carbonyl (C=O) groups is 2. The van der Waals surface area contributed by atoms with E-state index in [0.29, 0.717) is 48.6 Å². The number of para-hydroxylation sites is 1. The Kier molecular flexibility index (Phi) is 7.03. The molecule has 0 spiro atoms. The second-order valence-corrected chi connectivity index (χ2v) is 8.07. The van der Waals surface area contributed by atoms with Crippen LogP contribution in [0.5, 0.6) is 11.5 Å². The summed E-state index contributed by atoms with van der Waals surface area (Å²) in [6, 6.07) is 20.3. The number of ketones is 1. The molecule has 1 fully saturated rings. The Morgan fingerprint density at radius 2 is 1.61 bits per heavy atom. The maximum Gasteiger partial charge on any atom is 0.257 e. The number of carbonyl (C=O) groups excluding carboxylic acids is 2. The van der Waals surface area contributed by atoms with E-state index in [-0.39, 0.29) is 30.0 Å². The largest absolute Gasteiger partial charge is 0.497 e. The third kappa shape index (κ3) is 5.40. The van der Waals surface area contributed by atoms with Crippen molar-refractivity contribution >= 4 is 11.7 Å². The van der Waals surface area contributed by atoms with Crippen molar-refractivity contribution in [2.75, 3.05) is 20.2 Å². The Hall–Kier alpha value is -3.67. The molecule has 0 radical (unpaired) electrons. The molecular formula is C27H26FNO4. The van der Waals surface area contributed by atoms with Crippen LogP contribution in [0.3, 0.4) is 0 Å². The number of halogens is 1. The van der Waals surface area contributed by atoms with Crippen LogP contribution in [0.25, 0.3) is 0 Å². The van der Waals surface area contributed by atoms with Crippen LogP contribution in [-0.2, 0) is 6.61 Å². The first-order chi connectivity index (χ1) is 16.0.